The molecule has 1 aromatic carbocycles. The topological polar surface area (TPSA) is 120 Å². The van der Waals surface area contributed by atoms with E-state index in [4.69, 9.17) is 20.5 Å². The van der Waals surface area contributed by atoms with Crippen molar-refractivity contribution in [1.82, 2.24) is 19.5 Å². The Bertz CT molecular complexity index is 1470. The fraction of sp³-hybridized carbons (Fsp3) is 0.105. The van der Waals surface area contributed by atoms with Crippen molar-refractivity contribution in [2.45, 2.75) is 13.8 Å². The second-order valence-corrected chi connectivity index (χ2v) is 6.83. The van der Waals surface area contributed by atoms with Crippen LogP contribution < -0.4 is 4.73 Å². The lowest BCUT2D eigenvalue weighted by molar-refractivity contribution is -0.583. The molecular weight excluding hydrogens is 396 g/mol. The lowest BCUT2D eigenvalue weighted by Crippen LogP contribution is -2.33. The summed E-state index contributed by atoms with van der Waals surface area (Å²) in [5.41, 5.74) is 1.92. The van der Waals surface area contributed by atoms with Crippen molar-refractivity contribution in [3.05, 3.63) is 57.8 Å². The molecule has 0 aliphatic heterocycles. The summed E-state index contributed by atoms with van der Waals surface area (Å²) >= 11 is 6.10. The normalized spacial score (nSPS) is 11.4. The minimum absolute atomic E-state index is 0.104. The summed E-state index contributed by atoms with van der Waals surface area (Å²) in [4.78, 5) is 8.73. The Morgan fingerprint density at radius 1 is 1.24 bits per heavy atom. The molecule has 4 aromatic heterocycles. The number of rotatable bonds is 2. The fourth-order valence-corrected chi connectivity index (χ4v) is 3.53. The number of nitrogens with zero attached hydrogens (tertiary/aromatic N) is 6. The molecule has 10 heteroatoms. The number of aromatic nitrogens is 5. The highest BCUT2D eigenvalue weighted by molar-refractivity contribution is 6.32. The summed E-state index contributed by atoms with van der Waals surface area (Å²) in [6.07, 6.45) is 1.54. The van der Waals surface area contributed by atoms with Gasteiger partial charge in [0.15, 0.2) is 11.5 Å². The van der Waals surface area contributed by atoms with Gasteiger partial charge in [0.1, 0.15) is 34.8 Å². The maximum Gasteiger partial charge on any atom is 0.279 e. The molecule has 0 spiro atoms. The Balaban J connectivity index is 1.78. The number of halogens is 1. The molecule has 0 amide bonds. The van der Waals surface area contributed by atoms with Crippen LogP contribution in [0.15, 0.2) is 39.5 Å². The average Bonchev–Trinajstić information content (AvgIpc) is 3.44. The first kappa shape index (κ1) is 17.2. The van der Waals surface area contributed by atoms with Crippen LogP contribution in [0.4, 0.5) is 0 Å². The zero-order valence-corrected chi connectivity index (χ0v) is 15.9. The molecule has 29 heavy (non-hydrogen) atoms. The zero-order chi connectivity index (χ0) is 20.3. The van der Waals surface area contributed by atoms with Crippen LogP contribution in [0.5, 0.6) is 0 Å². The molecule has 0 N–H and O–H groups in total. The van der Waals surface area contributed by atoms with Crippen LogP contribution in [-0.4, -0.2) is 19.5 Å². The molecule has 9 nitrogen and oxygen atoms in total. The Labute approximate surface area is 168 Å². The van der Waals surface area contributed by atoms with Crippen molar-refractivity contribution in [3.8, 4) is 29.2 Å². The summed E-state index contributed by atoms with van der Waals surface area (Å²) < 4.78 is 13.3. The Hall–Kier alpha value is -3.90. The second kappa shape index (κ2) is 6.05. The van der Waals surface area contributed by atoms with Crippen molar-refractivity contribution in [2.75, 3.05) is 0 Å². The van der Waals surface area contributed by atoms with E-state index < -0.39 is 0 Å². The van der Waals surface area contributed by atoms with Crippen molar-refractivity contribution < 1.29 is 13.7 Å². The molecule has 142 valence electrons. The predicted molar refractivity (Wildman–Crippen MR) is 102 cm³/mol. The second-order valence-electron chi connectivity index (χ2n) is 6.43. The van der Waals surface area contributed by atoms with E-state index in [9.17, 15) is 10.5 Å². The molecule has 0 saturated carbocycles. The first-order valence-electron chi connectivity index (χ1n) is 8.52. The smallest absolute Gasteiger partial charge is 0.279 e. The van der Waals surface area contributed by atoms with Gasteiger partial charge in [0.05, 0.1) is 5.02 Å². The highest BCUT2D eigenvalue weighted by atomic mass is 35.5. The molecule has 4 heterocycles. The quantitative estimate of drug-likeness (QED) is 0.324. The monoisotopic (exact) mass is 406 g/mol. The Kier molecular flexibility index (Phi) is 3.59. The van der Waals surface area contributed by atoms with Crippen LogP contribution in [0.1, 0.15) is 17.0 Å². The van der Waals surface area contributed by atoms with Gasteiger partial charge in [0.2, 0.25) is 11.5 Å². The number of benzene rings is 1. The Morgan fingerprint density at radius 3 is 2.79 bits per heavy atom. The van der Waals surface area contributed by atoms with E-state index in [-0.39, 0.29) is 27.8 Å². The highest BCUT2D eigenvalue weighted by Crippen LogP contribution is 2.30. The summed E-state index contributed by atoms with van der Waals surface area (Å²) in [6.45, 7) is 3.44. The number of nitriles is 1. The number of aryl methyl sites for hydroxylation is 2. The number of imidazole rings is 1. The molecule has 0 bridgehead atoms. The zero-order valence-electron chi connectivity index (χ0n) is 15.2. The minimum Gasteiger partial charge on any atom is -0.618 e. The molecule has 0 aliphatic carbocycles. The standard InChI is InChI=1S/C19H11ClN6O3/c1-9-3-6-14(28-9)18-23-19(29-24-18)15-16-10(2)26(27)17-11(7-21)12(20)4-5-13(17)25(16)8-22-15/h3-6,8H,1-2H3. The molecular formula is C19H11ClN6O3. The van der Waals surface area contributed by atoms with Crippen molar-refractivity contribution in [2.24, 2.45) is 0 Å². The third-order valence-corrected chi connectivity index (χ3v) is 5.00. The molecule has 0 unspecified atom stereocenters. The van der Waals surface area contributed by atoms with Crippen molar-refractivity contribution in [3.63, 3.8) is 0 Å². The molecule has 0 saturated heterocycles. The van der Waals surface area contributed by atoms with Gasteiger partial charge in [0, 0.05) is 6.92 Å². The third kappa shape index (κ3) is 2.40. The maximum absolute atomic E-state index is 13.0. The van der Waals surface area contributed by atoms with E-state index >= 15 is 0 Å². The lowest BCUT2D eigenvalue weighted by Gasteiger charge is -2.10. The molecule has 0 radical (unpaired) electrons. The van der Waals surface area contributed by atoms with Gasteiger partial charge in [-0.05, 0) is 31.2 Å². The molecule has 5 rings (SSSR count). The van der Waals surface area contributed by atoms with Gasteiger partial charge in [0.25, 0.3) is 11.4 Å². The van der Waals surface area contributed by atoms with Crippen molar-refractivity contribution >= 4 is 28.2 Å². The minimum atomic E-state index is 0.104. The van der Waals surface area contributed by atoms with Crippen LogP contribution in [0.25, 0.3) is 39.7 Å². The SMILES string of the molecule is Cc1ccc(-c2noc(-c3ncn4c3c(C)[n+]([O-])c3c(C#N)c(Cl)ccc34)n2)o1. The number of hydrogen-bond acceptors (Lipinski definition) is 7. The molecule has 5 aromatic rings. The average molecular weight is 407 g/mol. The first-order chi connectivity index (χ1) is 14.0. The van der Waals surface area contributed by atoms with E-state index in [1.165, 1.54) is 6.33 Å². The third-order valence-electron chi connectivity index (χ3n) is 4.68. The number of fused-ring (bicyclic) bond motifs is 3. The van der Waals surface area contributed by atoms with Gasteiger partial charge in [-0.2, -0.15) is 15.0 Å². The van der Waals surface area contributed by atoms with Gasteiger partial charge < -0.3 is 14.1 Å². The summed E-state index contributed by atoms with van der Waals surface area (Å²) in [5, 5.41) is 26.6. The molecule has 0 fully saturated rings. The van der Waals surface area contributed by atoms with Crippen LogP contribution in [0, 0.1) is 30.4 Å². The Morgan fingerprint density at radius 2 is 2.07 bits per heavy atom. The van der Waals surface area contributed by atoms with Gasteiger partial charge in [-0.1, -0.05) is 16.8 Å². The molecule has 0 aliphatic rings. The maximum atomic E-state index is 13.0. The van der Waals surface area contributed by atoms with E-state index in [0.717, 1.165) is 5.76 Å². The van der Waals surface area contributed by atoms with Crippen LogP contribution in [0.3, 0.4) is 0 Å². The van der Waals surface area contributed by atoms with E-state index in [2.05, 4.69) is 15.1 Å². The fourth-order valence-electron chi connectivity index (χ4n) is 3.33. The molecule has 0 atom stereocenters. The summed E-state index contributed by atoms with van der Waals surface area (Å²) in [5.74, 6) is 1.62. The predicted octanol–water partition coefficient (Wildman–Crippen LogP) is 3.57. The van der Waals surface area contributed by atoms with Gasteiger partial charge in [-0.15, -0.1) is 0 Å². The first-order valence-corrected chi connectivity index (χ1v) is 8.89. The van der Waals surface area contributed by atoms with Gasteiger partial charge >= 0.3 is 0 Å². The highest BCUT2D eigenvalue weighted by Gasteiger charge is 2.26. The van der Waals surface area contributed by atoms with Gasteiger partial charge in [-0.3, -0.25) is 4.40 Å². The van der Waals surface area contributed by atoms with Crippen LogP contribution in [-0.2, 0) is 0 Å². The van der Waals surface area contributed by atoms with Crippen LogP contribution >= 0.6 is 11.6 Å². The lowest BCUT2D eigenvalue weighted by atomic mass is 10.1. The number of hydrogen-bond donors (Lipinski definition) is 0. The van der Waals surface area contributed by atoms with Crippen molar-refractivity contribution in [1.29, 1.82) is 5.26 Å². The number of furan rings is 1. The summed E-state index contributed by atoms with van der Waals surface area (Å²) in [6, 6.07) is 8.77. The van der Waals surface area contributed by atoms with Gasteiger partial charge in [-0.25, -0.2) is 4.98 Å². The summed E-state index contributed by atoms with van der Waals surface area (Å²) in [7, 11) is 0. The van der Waals surface area contributed by atoms with Crippen LogP contribution in [0.2, 0.25) is 5.02 Å². The van der Waals surface area contributed by atoms with E-state index in [1.807, 2.05) is 13.0 Å². The van der Waals surface area contributed by atoms with E-state index in [0.29, 0.717) is 32.9 Å². The largest absolute Gasteiger partial charge is 0.618 e. The van der Waals surface area contributed by atoms with E-state index in [1.54, 1.807) is 35.6 Å².